The molecule has 2 saturated carbocycles. The van der Waals surface area contributed by atoms with Crippen LogP contribution in [-0.4, -0.2) is 48.6 Å². The molecule has 3 unspecified atom stereocenters. The number of allylic oxidation sites excluding steroid dienone is 3. The zero-order valence-corrected chi connectivity index (χ0v) is 16.7. The predicted octanol–water partition coefficient (Wildman–Crippen LogP) is 1.60. The summed E-state index contributed by atoms with van der Waals surface area (Å²) in [5, 5.41) is 9.27. The Kier molecular flexibility index (Phi) is 4.92. The molecular weight excluding hydrogens is 369 g/mol. The third-order valence-corrected chi connectivity index (χ3v) is 6.90. The highest BCUT2D eigenvalue weighted by molar-refractivity contribution is 5.84. The largest absolute Gasteiger partial charge is 0.324 e. The lowest BCUT2D eigenvalue weighted by Gasteiger charge is -2.37. The first-order chi connectivity index (χ1) is 14.0. The minimum absolute atomic E-state index is 0.225. The molecule has 0 aromatic heterocycles. The van der Waals surface area contributed by atoms with Crippen LogP contribution in [0.2, 0.25) is 0 Å². The highest BCUT2D eigenvalue weighted by Crippen LogP contribution is 2.41. The molecule has 156 valence electrons. The van der Waals surface area contributed by atoms with E-state index in [9.17, 15) is 9.18 Å². The third kappa shape index (κ3) is 3.96. The highest BCUT2D eigenvalue weighted by Gasteiger charge is 2.48. The van der Waals surface area contributed by atoms with Crippen LogP contribution in [0.3, 0.4) is 0 Å². The summed E-state index contributed by atoms with van der Waals surface area (Å²) in [4.78, 5) is 16.9. The summed E-state index contributed by atoms with van der Waals surface area (Å²) < 4.78 is 14.7. The van der Waals surface area contributed by atoms with E-state index >= 15 is 0 Å². The van der Waals surface area contributed by atoms with Crippen molar-refractivity contribution in [1.82, 2.24) is 16.0 Å². The number of hydrogen-bond acceptors (Lipinski definition) is 5. The van der Waals surface area contributed by atoms with Gasteiger partial charge >= 0.3 is 0 Å². The quantitative estimate of drug-likeness (QED) is 0.523. The third-order valence-electron chi connectivity index (χ3n) is 6.90. The van der Waals surface area contributed by atoms with Gasteiger partial charge in [-0.1, -0.05) is 18.9 Å². The van der Waals surface area contributed by atoms with Crippen molar-refractivity contribution in [3.63, 3.8) is 0 Å². The monoisotopic (exact) mass is 399 g/mol. The first kappa shape index (κ1) is 19.2. The molecule has 5 N–H and O–H groups in total. The molecule has 0 spiro atoms. The molecule has 1 saturated heterocycles. The maximum absolute atomic E-state index is 14.7. The molecule has 0 radical (unpaired) electrons. The van der Waals surface area contributed by atoms with E-state index in [-0.39, 0.29) is 12.3 Å². The molecule has 3 fully saturated rings. The average molecular weight is 400 g/mol. The fourth-order valence-electron chi connectivity index (χ4n) is 4.69. The Bertz CT molecular complexity index is 804. The summed E-state index contributed by atoms with van der Waals surface area (Å²) in [5.74, 6) is 0.542. The van der Waals surface area contributed by atoms with E-state index < -0.39 is 17.9 Å². The second-order valence-electron chi connectivity index (χ2n) is 9.12. The topological polar surface area (TPSA) is 91.5 Å². The SMILES string of the molecule is NC(CCC1CC1)(C1=CCC(F)C(NC(=O)C2N[C@H]3C[C@H]3N2)=C1)C1=CC=NCC1. The average Bonchev–Trinajstić information content (AvgIpc) is 3.67. The first-order valence-corrected chi connectivity index (χ1v) is 10.9. The first-order valence-electron chi connectivity index (χ1n) is 10.9. The van der Waals surface area contributed by atoms with Crippen molar-refractivity contribution in [1.29, 1.82) is 0 Å². The van der Waals surface area contributed by atoms with Crippen molar-refractivity contribution in [2.24, 2.45) is 16.6 Å². The molecule has 7 heteroatoms. The number of nitrogens with zero attached hydrogens (tertiary/aromatic N) is 1. The summed E-state index contributed by atoms with van der Waals surface area (Å²) in [7, 11) is 0. The van der Waals surface area contributed by atoms with Gasteiger partial charge in [-0.15, -0.1) is 0 Å². The summed E-state index contributed by atoms with van der Waals surface area (Å²) in [6.45, 7) is 0.738. The van der Waals surface area contributed by atoms with E-state index in [4.69, 9.17) is 5.73 Å². The zero-order valence-electron chi connectivity index (χ0n) is 16.7. The van der Waals surface area contributed by atoms with E-state index in [0.29, 0.717) is 17.8 Å². The van der Waals surface area contributed by atoms with Crippen molar-refractivity contribution in [2.45, 2.75) is 74.9 Å². The molecule has 2 heterocycles. The highest BCUT2D eigenvalue weighted by atomic mass is 19.1. The smallest absolute Gasteiger partial charge is 0.256 e. The fraction of sp³-hybridized carbons (Fsp3) is 0.636. The zero-order chi connectivity index (χ0) is 20.0. The van der Waals surface area contributed by atoms with Gasteiger partial charge in [-0.05, 0) is 54.9 Å². The lowest BCUT2D eigenvalue weighted by Crippen LogP contribution is -2.50. The predicted molar refractivity (Wildman–Crippen MR) is 111 cm³/mol. The molecular formula is C22H30FN5O. The normalized spacial score (nSPS) is 35.2. The van der Waals surface area contributed by atoms with E-state index in [1.165, 1.54) is 12.8 Å². The van der Waals surface area contributed by atoms with E-state index in [1.807, 2.05) is 18.4 Å². The molecule has 5 rings (SSSR count). The van der Waals surface area contributed by atoms with E-state index in [2.05, 4.69) is 20.9 Å². The van der Waals surface area contributed by atoms with Crippen LogP contribution >= 0.6 is 0 Å². The van der Waals surface area contributed by atoms with Gasteiger partial charge in [-0.25, -0.2) is 4.39 Å². The van der Waals surface area contributed by atoms with Crippen LogP contribution in [0.1, 0.15) is 44.9 Å². The summed E-state index contributed by atoms with van der Waals surface area (Å²) >= 11 is 0. The molecule has 29 heavy (non-hydrogen) atoms. The number of nitrogens with two attached hydrogens (primary N) is 1. The second-order valence-corrected chi connectivity index (χ2v) is 9.12. The molecule has 5 atom stereocenters. The lowest BCUT2D eigenvalue weighted by atomic mass is 9.74. The Labute approximate surface area is 171 Å². The maximum atomic E-state index is 14.7. The molecule has 0 aromatic rings. The van der Waals surface area contributed by atoms with Gasteiger partial charge in [0.1, 0.15) is 12.3 Å². The summed E-state index contributed by atoms with van der Waals surface area (Å²) in [6, 6.07) is 0.753. The van der Waals surface area contributed by atoms with Crippen LogP contribution in [0, 0.1) is 5.92 Å². The maximum Gasteiger partial charge on any atom is 0.256 e. The van der Waals surface area contributed by atoms with Crippen molar-refractivity contribution in [2.75, 3.05) is 6.54 Å². The number of carbonyl (C=O) groups is 1. The Hall–Kier alpha value is -1.83. The molecule has 2 aliphatic heterocycles. The number of alkyl halides is 1. The van der Waals surface area contributed by atoms with Crippen molar-refractivity contribution >= 4 is 12.1 Å². The summed E-state index contributed by atoms with van der Waals surface area (Å²) in [6.07, 6.45) is 12.5. The van der Waals surface area contributed by atoms with Gasteiger partial charge in [0.15, 0.2) is 0 Å². The lowest BCUT2D eigenvalue weighted by molar-refractivity contribution is -0.123. The standard InChI is InChI=1S/C22H30FN5O/c23-16-4-3-15(11-17(16)28-21(29)20-26-18-12-19(18)27-20)22(24,8-5-13-1-2-13)14-6-9-25-10-7-14/h3,6,9,11,13,16,18-20,26-27H,1-2,4-5,7-8,10,12,24H2,(H,28,29)/t16?,18-,19+,20?,22?. The number of hydrogen-bond donors (Lipinski definition) is 4. The molecule has 3 aliphatic carbocycles. The molecule has 0 aromatic carbocycles. The minimum Gasteiger partial charge on any atom is -0.324 e. The van der Waals surface area contributed by atoms with Gasteiger partial charge in [0.05, 0.1) is 11.2 Å². The van der Waals surface area contributed by atoms with Crippen molar-refractivity contribution in [3.8, 4) is 0 Å². The van der Waals surface area contributed by atoms with E-state index in [0.717, 1.165) is 49.3 Å². The Balaban J connectivity index is 1.35. The van der Waals surface area contributed by atoms with Crippen LogP contribution in [0.5, 0.6) is 0 Å². The summed E-state index contributed by atoms with van der Waals surface area (Å²) in [5.41, 5.74) is 8.77. The number of fused-ring (bicyclic) bond motifs is 1. The minimum atomic E-state index is -1.21. The molecule has 6 nitrogen and oxygen atoms in total. The Morgan fingerprint density at radius 1 is 1.34 bits per heavy atom. The number of rotatable bonds is 7. The van der Waals surface area contributed by atoms with Gasteiger partial charge in [-0.3, -0.25) is 20.4 Å². The van der Waals surface area contributed by atoms with Gasteiger partial charge in [0.2, 0.25) is 0 Å². The fourth-order valence-corrected chi connectivity index (χ4v) is 4.69. The number of aliphatic imine (C=N–C) groups is 1. The molecule has 0 bridgehead atoms. The second kappa shape index (κ2) is 7.45. The van der Waals surface area contributed by atoms with Gasteiger partial charge in [-0.2, -0.15) is 0 Å². The number of halogens is 1. The van der Waals surface area contributed by atoms with Crippen molar-refractivity contribution in [3.05, 3.63) is 35.1 Å². The number of amides is 1. The molecule has 1 amide bonds. The van der Waals surface area contributed by atoms with Crippen LogP contribution < -0.4 is 21.7 Å². The van der Waals surface area contributed by atoms with Crippen LogP contribution in [0.15, 0.2) is 40.1 Å². The number of dihydropyridines is 1. The van der Waals surface area contributed by atoms with Gasteiger partial charge < -0.3 is 11.1 Å². The number of carbonyl (C=O) groups excluding carboxylic acids is 1. The van der Waals surface area contributed by atoms with Crippen LogP contribution in [-0.2, 0) is 4.79 Å². The van der Waals surface area contributed by atoms with E-state index in [1.54, 1.807) is 6.08 Å². The molecule has 5 aliphatic rings. The van der Waals surface area contributed by atoms with Crippen LogP contribution in [0.25, 0.3) is 0 Å². The van der Waals surface area contributed by atoms with Crippen molar-refractivity contribution < 1.29 is 9.18 Å². The van der Waals surface area contributed by atoms with Gasteiger partial charge in [0, 0.05) is 31.3 Å². The Morgan fingerprint density at radius 2 is 2.14 bits per heavy atom. The van der Waals surface area contributed by atoms with Gasteiger partial charge in [0.25, 0.3) is 5.91 Å². The Morgan fingerprint density at radius 3 is 2.83 bits per heavy atom. The van der Waals surface area contributed by atoms with Crippen LogP contribution in [0.4, 0.5) is 4.39 Å². The number of nitrogens with one attached hydrogen (secondary N) is 3.